The molecule has 0 aromatic carbocycles. The molecule has 1 fully saturated rings. The number of carbonyl (C=O) groups excluding carboxylic acids is 1. The van der Waals surface area contributed by atoms with Crippen molar-refractivity contribution in [1.29, 1.82) is 0 Å². The molecule has 1 aliphatic carbocycles. The van der Waals surface area contributed by atoms with Crippen molar-refractivity contribution in [2.24, 2.45) is 11.1 Å². The molecule has 1 amide bonds. The van der Waals surface area contributed by atoms with Crippen LogP contribution < -0.4 is 11.1 Å². The van der Waals surface area contributed by atoms with E-state index in [-0.39, 0.29) is 17.7 Å². The maximum atomic E-state index is 11.8. The van der Waals surface area contributed by atoms with Gasteiger partial charge in [0.1, 0.15) is 0 Å². The number of nitrogens with one attached hydrogen (secondary N) is 1. The Kier molecular flexibility index (Phi) is 6.02. The summed E-state index contributed by atoms with van der Waals surface area (Å²) in [6, 6.07) is -0.594. The van der Waals surface area contributed by atoms with Gasteiger partial charge in [-0.15, -0.1) is 6.58 Å². The summed E-state index contributed by atoms with van der Waals surface area (Å²) in [6.07, 6.45) is 7.07. The first kappa shape index (κ1) is 15.7. The molecular weight excluding hydrogens is 244 g/mol. The number of carboxylic acid groups (broad SMARTS) is 1. The zero-order valence-corrected chi connectivity index (χ0v) is 11.4. The van der Waals surface area contributed by atoms with Gasteiger partial charge in [0, 0.05) is 6.54 Å². The lowest BCUT2D eigenvalue weighted by molar-refractivity contribution is -0.140. The Morgan fingerprint density at radius 1 is 1.37 bits per heavy atom. The van der Waals surface area contributed by atoms with Crippen LogP contribution in [0.15, 0.2) is 12.7 Å². The van der Waals surface area contributed by atoms with E-state index in [2.05, 4.69) is 11.9 Å². The van der Waals surface area contributed by atoms with Crippen LogP contribution in [0.25, 0.3) is 0 Å². The molecule has 108 valence electrons. The lowest BCUT2D eigenvalue weighted by Gasteiger charge is -2.36. The fraction of sp³-hybridized carbons (Fsp3) is 0.714. The van der Waals surface area contributed by atoms with Crippen LogP contribution in [0.3, 0.4) is 0 Å². The van der Waals surface area contributed by atoms with Crippen molar-refractivity contribution in [1.82, 2.24) is 5.32 Å². The van der Waals surface area contributed by atoms with Gasteiger partial charge in [-0.3, -0.25) is 9.59 Å². The molecular formula is C14H24N2O3. The Morgan fingerprint density at radius 2 is 2.00 bits per heavy atom. The molecule has 1 aliphatic rings. The molecule has 0 aromatic rings. The van der Waals surface area contributed by atoms with Crippen LogP contribution in [0.2, 0.25) is 0 Å². The van der Waals surface area contributed by atoms with Gasteiger partial charge in [-0.1, -0.05) is 25.3 Å². The highest BCUT2D eigenvalue weighted by atomic mass is 16.4. The van der Waals surface area contributed by atoms with Gasteiger partial charge in [-0.2, -0.15) is 0 Å². The van der Waals surface area contributed by atoms with Crippen molar-refractivity contribution in [3.05, 3.63) is 12.7 Å². The van der Waals surface area contributed by atoms with E-state index < -0.39 is 12.0 Å². The third kappa shape index (κ3) is 5.03. The van der Waals surface area contributed by atoms with Gasteiger partial charge in [0.2, 0.25) is 5.91 Å². The molecule has 1 rings (SSSR count). The molecule has 0 spiro atoms. The first-order valence-electron chi connectivity index (χ1n) is 6.85. The van der Waals surface area contributed by atoms with E-state index in [1.807, 2.05) is 0 Å². The number of nitrogens with two attached hydrogens (primary N) is 1. The fourth-order valence-electron chi connectivity index (χ4n) is 2.73. The minimum atomic E-state index is -0.800. The third-order valence-electron chi connectivity index (χ3n) is 3.84. The van der Waals surface area contributed by atoms with Crippen LogP contribution in [-0.2, 0) is 9.59 Å². The monoisotopic (exact) mass is 268 g/mol. The smallest absolute Gasteiger partial charge is 0.303 e. The molecule has 1 saturated carbocycles. The summed E-state index contributed by atoms with van der Waals surface area (Å²) < 4.78 is 0. The van der Waals surface area contributed by atoms with E-state index in [1.54, 1.807) is 6.08 Å². The molecule has 0 aliphatic heterocycles. The van der Waals surface area contributed by atoms with Crippen LogP contribution in [0, 0.1) is 5.41 Å². The summed E-state index contributed by atoms with van der Waals surface area (Å²) in [6.45, 7) is 3.95. The summed E-state index contributed by atoms with van der Waals surface area (Å²) in [4.78, 5) is 22.8. The largest absolute Gasteiger partial charge is 0.481 e. The molecule has 0 radical (unpaired) electrons. The van der Waals surface area contributed by atoms with Crippen molar-refractivity contribution in [2.45, 2.75) is 51.0 Å². The second kappa shape index (κ2) is 7.28. The molecule has 1 unspecified atom stereocenters. The van der Waals surface area contributed by atoms with Crippen LogP contribution in [-0.4, -0.2) is 29.6 Å². The van der Waals surface area contributed by atoms with Gasteiger partial charge >= 0.3 is 5.97 Å². The van der Waals surface area contributed by atoms with Crippen molar-refractivity contribution in [3.8, 4) is 0 Å². The molecule has 0 heterocycles. The SMILES string of the molecule is C=CCC(N)C(=O)NCC1(CC(=O)O)CCCCC1. The number of hydrogen-bond acceptors (Lipinski definition) is 3. The van der Waals surface area contributed by atoms with Crippen LogP contribution in [0.1, 0.15) is 44.9 Å². The molecule has 0 bridgehead atoms. The number of aliphatic carboxylic acids is 1. The zero-order valence-electron chi connectivity index (χ0n) is 11.4. The minimum Gasteiger partial charge on any atom is -0.481 e. The Hall–Kier alpha value is -1.36. The summed E-state index contributed by atoms with van der Waals surface area (Å²) >= 11 is 0. The number of carbonyl (C=O) groups is 2. The summed E-state index contributed by atoms with van der Waals surface area (Å²) in [5.41, 5.74) is 5.39. The highest BCUT2D eigenvalue weighted by Gasteiger charge is 2.35. The fourth-order valence-corrected chi connectivity index (χ4v) is 2.73. The van der Waals surface area contributed by atoms with E-state index in [0.717, 1.165) is 32.1 Å². The second-order valence-corrected chi connectivity index (χ2v) is 5.48. The van der Waals surface area contributed by atoms with Crippen LogP contribution in [0.4, 0.5) is 0 Å². The van der Waals surface area contributed by atoms with Gasteiger partial charge in [0.15, 0.2) is 0 Å². The highest BCUT2D eigenvalue weighted by Crippen LogP contribution is 2.38. The van der Waals surface area contributed by atoms with Gasteiger partial charge in [-0.05, 0) is 24.7 Å². The summed E-state index contributed by atoms with van der Waals surface area (Å²) in [5, 5.41) is 11.8. The predicted molar refractivity (Wildman–Crippen MR) is 73.6 cm³/mol. The van der Waals surface area contributed by atoms with Crippen molar-refractivity contribution >= 4 is 11.9 Å². The number of hydrogen-bond donors (Lipinski definition) is 3. The number of carboxylic acids is 1. The van der Waals surface area contributed by atoms with E-state index in [1.165, 1.54) is 0 Å². The summed E-state index contributed by atoms with van der Waals surface area (Å²) in [5.74, 6) is -1.03. The average molecular weight is 268 g/mol. The molecule has 0 aromatic heterocycles. The van der Waals surface area contributed by atoms with Gasteiger partial charge in [-0.25, -0.2) is 0 Å². The lowest BCUT2D eigenvalue weighted by atomic mass is 9.71. The first-order chi connectivity index (χ1) is 8.99. The lowest BCUT2D eigenvalue weighted by Crippen LogP contribution is -2.46. The first-order valence-corrected chi connectivity index (χ1v) is 6.85. The standard InChI is InChI=1S/C14H24N2O3/c1-2-6-11(15)13(19)16-10-14(9-12(17)18)7-4-3-5-8-14/h2,11H,1,3-10,15H2,(H,16,19)(H,17,18). The van der Waals surface area contributed by atoms with E-state index in [4.69, 9.17) is 10.8 Å². The predicted octanol–water partition coefficient (Wildman–Crippen LogP) is 1.43. The number of rotatable bonds is 7. The molecule has 5 nitrogen and oxygen atoms in total. The number of amides is 1. The maximum Gasteiger partial charge on any atom is 0.303 e. The second-order valence-electron chi connectivity index (χ2n) is 5.48. The molecule has 4 N–H and O–H groups in total. The highest BCUT2D eigenvalue weighted by molar-refractivity contribution is 5.81. The third-order valence-corrected chi connectivity index (χ3v) is 3.84. The molecule has 19 heavy (non-hydrogen) atoms. The quantitative estimate of drug-likeness (QED) is 0.609. The average Bonchev–Trinajstić information content (AvgIpc) is 2.36. The van der Waals surface area contributed by atoms with E-state index in [9.17, 15) is 9.59 Å². The van der Waals surface area contributed by atoms with E-state index >= 15 is 0 Å². The zero-order chi connectivity index (χ0) is 14.3. The summed E-state index contributed by atoms with van der Waals surface area (Å²) in [7, 11) is 0. The van der Waals surface area contributed by atoms with Crippen molar-refractivity contribution in [2.75, 3.05) is 6.54 Å². The van der Waals surface area contributed by atoms with Crippen LogP contribution in [0.5, 0.6) is 0 Å². The van der Waals surface area contributed by atoms with Gasteiger partial charge in [0.05, 0.1) is 12.5 Å². The minimum absolute atomic E-state index is 0.115. The van der Waals surface area contributed by atoms with E-state index in [0.29, 0.717) is 13.0 Å². The normalized spacial score (nSPS) is 19.4. The Morgan fingerprint density at radius 3 is 2.53 bits per heavy atom. The topological polar surface area (TPSA) is 92.4 Å². The molecule has 1 atom stereocenters. The van der Waals surface area contributed by atoms with Crippen molar-refractivity contribution in [3.63, 3.8) is 0 Å². The Balaban J connectivity index is 2.55. The van der Waals surface area contributed by atoms with Gasteiger partial charge < -0.3 is 16.2 Å². The van der Waals surface area contributed by atoms with Crippen LogP contribution >= 0.6 is 0 Å². The Bertz CT molecular complexity index is 336. The van der Waals surface area contributed by atoms with Gasteiger partial charge in [0.25, 0.3) is 0 Å². The molecule has 0 saturated heterocycles. The molecule has 5 heteroatoms. The van der Waals surface area contributed by atoms with Crippen molar-refractivity contribution < 1.29 is 14.7 Å². The maximum absolute atomic E-state index is 11.8. The Labute approximate surface area is 114 Å².